The minimum absolute atomic E-state index is 0.100. The fourth-order valence-electron chi connectivity index (χ4n) is 4.17. The van der Waals surface area contributed by atoms with Crippen molar-refractivity contribution in [2.75, 3.05) is 18.5 Å². The summed E-state index contributed by atoms with van der Waals surface area (Å²) in [6, 6.07) is 8.20. The minimum atomic E-state index is -0.317. The number of thiazole rings is 1. The molecule has 0 radical (unpaired) electrons. The predicted molar refractivity (Wildman–Crippen MR) is 117 cm³/mol. The Hall–Kier alpha value is -2.45. The summed E-state index contributed by atoms with van der Waals surface area (Å²) in [4.78, 5) is 29.6. The Kier molecular flexibility index (Phi) is 4.24. The van der Waals surface area contributed by atoms with Crippen molar-refractivity contribution in [1.29, 1.82) is 0 Å². The van der Waals surface area contributed by atoms with Crippen LogP contribution in [0.4, 0.5) is 5.69 Å². The summed E-state index contributed by atoms with van der Waals surface area (Å²) in [6.45, 7) is 6.75. The van der Waals surface area contributed by atoms with Crippen molar-refractivity contribution in [2.45, 2.75) is 26.2 Å². The molecule has 1 aromatic carbocycles. The van der Waals surface area contributed by atoms with Gasteiger partial charge in [0.2, 0.25) is 0 Å². The van der Waals surface area contributed by atoms with Gasteiger partial charge in [0.25, 0.3) is 11.5 Å². The SMILES string of the molecule is CCN1C(=S)NC(=O)C1=c1sc(=C2N(C)c3ccccc3C2(C)C)c(=O)n1C. The van der Waals surface area contributed by atoms with E-state index in [4.69, 9.17) is 12.2 Å². The van der Waals surface area contributed by atoms with Gasteiger partial charge in [-0.3, -0.25) is 14.9 Å². The van der Waals surface area contributed by atoms with Crippen molar-refractivity contribution >= 4 is 51.7 Å². The van der Waals surface area contributed by atoms with Crippen molar-refractivity contribution in [3.05, 3.63) is 49.4 Å². The van der Waals surface area contributed by atoms with Gasteiger partial charge in [0, 0.05) is 31.7 Å². The van der Waals surface area contributed by atoms with Crippen LogP contribution in [-0.2, 0) is 17.3 Å². The lowest BCUT2D eigenvalue weighted by Gasteiger charge is -2.23. The van der Waals surface area contributed by atoms with Crippen LogP contribution in [0.2, 0.25) is 0 Å². The maximum atomic E-state index is 13.2. The molecule has 8 heteroatoms. The maximum absolute atomic E-state index is 13.2. The number of amides is 1. The molecular formula is C20H22N4O2S2. The molecule has 2 aromatic rings. The number of aromatic nitrogens is 1. The van der Waals surface area contributed by atoms with Gasteiger partial charge in [-0.25, -0.2) is 0 Å². The standard InChI is InChI=1S/C20H22N4O2S2/c1-6-24-13(16(25)21-19(24)27)18-23(5)17(26)14(28-18)15-20(2,3)11-9-7-8-10-12(11)22(15)4/h7-10H,6H2,1-5H3,(H,21,25,27). The summed E-state index contributed by atoms with van der Waals surface area (Å²) in [5.41, 5.74) is 3.27. The first-order valence-electron chi connectivity index (χ1n) is 9.11. The molecule has 28 heavy (non-hydrogen) atoms. The molecule has 0 bridgehead atoms. The molecule has 0 saturated carbocycles. The van der Waals surface area contributed by atoms with Crippen molar-refractivity contribution in [3.63, 3.8) is 0 Å². The van der Waals surface area contributed by atoms with E-state index < -0.39 is 0 Å². The summed E-state index contributed by atoms with van der Waals surface area (Å²) >= 11 is 6.62. The summed E-state index contributed by atoms with van der Waals surface area (Å²) in [5.74, 6) is -0.262. The Morgan fingerprint density at radius 3 is 2.50 bits per heavy atom. The average molecular weight is 415 g/mol. The molecule has 1 fully saturated rings. The highest BCUT2D eigenvalue weighted by Crippen LogP contribution is 2.46. The number of likely N-dealkylation sites (N-methyl/N-ethyl adjacent to an activating group) is 2. The minimum Gasteiger partial charge on any atom is -0.346 e. The first-order chi connectivity index (χ1) is 13.2. The third-order valence-electron chi connectivity index (χ3n) is 5.55. The van der Waals surface area contributed by atoms with Crippen LogP contribution in [0.1, 0.15) is 26.3 Å². The molecule has 1 N–H and O–H groups in total. The number of hydrogen-bond donors (Lipinski definition) is 1. The third kappa shape index (κ3) is 2.41. The molecule has 2 aliphatic rings. The van der Waals surface area contributed by atoms with E-state index in [9.17, 15) is 9.59 Å². The van der Waals surface area contributed by atoms with Gasteiger partial charge in [0.05, 0.1) is 5.70 Å². The van der Waals surface area contributed by atoms with E-state index in [1.807, 2.05) is 26.1 Å². The number of thiocarbonyl (C=S) groups is 1. The van der Waals surface area contributed by atoms with Gasteiger partial charge < -0.3 is 14.4 Å². The molecule has 1 saturated heterocycles. The number of anilines is 1. The van der Waals surface area contributed by atoms with E-state index >= 15 is 0 Å². The van der Waals surface area contributed by atoms with Crippen molar-refractivity contribution in [1.82, 2.24) is 14.8 Å². The fourth-order valence-corrected chi connectivity index (χ4v) is 5.91. The number of fused-ring (bicyclic) bond motifs is 1. The topological polar surface area (TPSA) is 57.6 Å². The number of rotatable bonds is 1. The molecule has 1 aromatic heterocycles. The predicted octanol–water partition coefficient (Wildman–Crippen LogP) is 0.827. The number of nitrogens with zero attached hydrogens (tertiary/aromatic N) is 3. The summed E-state index contributed by atoms with van der Waals surface area (Å²) in [7, 11) is 3.70. The molecular weight excluding hydrogens is 392 g/mol. The molecule has 0 spiro atoms. The molecule has 4 rings (SSSR count). The van der Waals surface area contributed by atoms with Crippen LogP contribution in [0.3, 0.4) is 0 Å². The fraction of sp³-hybridized carbons (Fsp3) is 0.350. The molecule has 0 atom stereocenters. The van der Waals surface area contributed by atoms with Crippen molar-refractivity contribution in [2.24, 2.45) is 7.05 Å². The zero-order valence-corrected chi connectivity index (χ0v) is 18.1. The lowest BCUT2D eigenvalue weighted by Crippen LogP contribution is -2.37. The Labute approximate surface area is 172 Å². The van der Waals surface area contributed by atoms with Crippen molar-refractivity contribution in [3.8, 4) is 0 Å². The normalized spacial score (nSPS) is 22.0. The molecule has 1 amide bonds. The van der Waals surface area contributed by atoms with Gasteiger partial charge in [-0.05, 0) is 30.8 Å². The number of carbonyl (C=O) groups is 1. The van der Waals surface area contributed by atoms with E-state index in [1.165, 1.54) is 16.9 Å². The molecule has 146 valence electrons. The number of nitrogens with one attached hydrogen (secondary N) is 1. The van der Waals surface area contributed by atoms with Crippen LogP contribution in [-0.4, -0.2) is 34.1 Å². The summed E-state index contributed by atoms with van der Waals surface area (Å²) in [6.07, 6.45) is 0. The molecule has 6 nitrogen and oxygen atoms in total. The Balaban J connectivity index is 2.10. The molecule has 0 unspecified atom stereocenters. The van der Waals surface area contributed by atoms with Gasteiger partial charge in [-0.1, -0.05) is 32.0 Å². The van der Waals surface area contributed by atoms with E-state index in [0.717, 1.165) is 11.4 Å². The number of para-hydroxylation sites is 1. The first kappa shape index (κ1) is 18.9. The molecule has 3 heterocycles. The average Bonchev–Trinajstić information content (AvgIpc) is 3.17. The molecule has 2 aliphatic heterocycles. The number of carbonyl (C=O) groups excluding carboxylic acids is 1. The number of hydrogen-bond acceptors (Lipinski definition) is 5. The van der Waals surface area contributed by atoms with Crippen LogP contribution in [0, 0.1) is 0 Å². The quantitative estimate of drug-likeness (QED) is 0.701. The zero-order valence-electron chi connectivity index (χ0n) is 16.5. The van der Waals surface area contributed by atoms with Crippen LogP contribution >= 0.6 is 23.6 Å². The van der Waals surface area contributed by atoms with Gasteiger partial charge >= 0.3 is 0 Å². The Bertz CT molecular complexity index is 1210. The highest BCUT2D eigenvalue weighted by Gasteiger charge is 2.40. The smallest absolute Gasteiger partial charge is 0.277 e. The summed E-state index contributed by atoms with van der Waals surface area (Å²) in [5, 5.41) is 3.06. The second kappa shape index (κ2) is 6.28. The maximum Gasteiger partial charge on any atom is 0.277 e. The molecule has 0 aliphatic carbocycles. The second-order valence-corrected chi connectivity index (χ2v) is 8.89. The van der Waals surface area contributed by atoms with Gasteiger partial charge in [0.15, 0.2) is 5.11 Å². The van der Waals surface area contributed by atoms with Gasteiger partial charge in [0.1, 0.15) is 14.9 Å². The van der Waals surface area contributed by atoms with E-state index in [0.29, 0.717) is 26.5 Å². The first-order valence-corrected chi connectivity index (χ1v) is 10.3. The van der Waals surface area contributed by atoms with Crippen LogP contribution in [0.15, 0.2) is 29.1 Å². The highest BCUT2D eigenvalue weighted by molar-refractivity contribution is 7.80. The third-order valence-corrected chi connectivity index (χ3v) is 7.11. The van der Waals surface area contributed by atoms with E-state index in [-0.39, 0.29) is 16.9 Å². The van der Waals surface area contributed by atoms with Gasteiger partial charge in [-0.2, -0.15) is 0 Å². The van der Waals surface area contributed by atoms with Gasteiger partial charge in [-0.15, -0.1) is 11.3 Å². The largest absolute Gasteiger partial charge is 0.346 e. The van der Waals surface area contributed by atoms with Crippen molar-refractivity contribution < 1.29 is 4.79 Å². The summed E-state index contributed by atoms with van der Waals surface area (Å²) < 4.78 is 2.83. The number of benzene rings is 1. The Morgan fingerprint density at radius 2 is 1.86 bits per heavy atom. The van der Waals surface area contributed by atoms with Crippen LogP contribution in [0.25, 0.3) is 11.4 Å². The monoisotopic (exact) mass is 414 g/mol. The lowest BCUT2D eigenvalue weighted by molar-refractivity contribution is -0.114. The highest BCUT2D eigenvalue weighted by atomic mass is 32.1. The van der Waals surface area contributed by atoms with Crippen LogP contribution < -0.4 is 25.0 Å². The second-order valence-electron chi connectivity index (χ2n) is 7.50. The van der Waals surface area contributed by atoms with E-state index in [1.54, 1.807) is 16.5 Å². The Morgan fingerprint density at radius 1 is 1.18 bits per heavy atom. The van der Waals surface area contributed by atoms with E-state index in [2.05, 4.69) is 36.2 Å². The zero-order chi connectivity index (χ0) is 20.4. The lowest BCUT2D eigenvalue weighted by atomic mass is 9.84. The van der Waals surface area contributed by atoms with Crippen LogP contribution in [0.5, 0.6) is 0 Å².